The van der Waals surface area contributed by atoms with Gasteiger partial charge in [0.05, 0.1) is 11.3 Å². The van der Waals surface area contributed by atoms with E-state index in [4.69, 9.17) is 9.85 Å². The smallest absolute Gasteiger partial charge is 0.255 e. The summed E-state index contributed by atoms with van der Waals surface area (Å²) in [5.41, 5.74) is 2.28. The number of nitrogens with zero attached hydrogens (tertiary/aromatic N) is 2. The third kappa shape index (κ3) is 5.60. The maximum atomic E-state index is 13.5. The molecule has 0 aromatic heterocycles. The van der Waals surface area contributed by atoms with E-state index < -0.39 is 11.6 Å². The van der Waals surface area contributed by atoms with Crippen LogP contribution >= 0.6 is 0 Å². The number of fused-ring (bicyclic) bond motifs is 1. The zero-order valence-corrected chi connectivity index (χ0v) is 22.3. The van der Waals surface area contributed by atoms with E-state index in [0.29, 0.717) is 28.3 Å². The normalized spacial score (nSPS) is 17.1. The van der Waals surface area contributed by atoms with Crippen LogP contribution in [0.2, 0.25) is 0 Å². The van der Waals surface area contributed by atoms with E-state index in [0.717, 1.165) is 0 Å². The number of benzene rings is 4. The second-order valence-electron chi connectivity index (χ2n) is 10.6. The Bertz CT molecular complexity index is 1520. The minimum absolute atomic E-state index is 0.0160. The van der Waals surface area contributed by atoms with Gasteiger partial charge in [-0.3, -0.25) is 4.79 Å². The van der Waals surface area contributed by atoms with Crippen LogP contribution in [0.4, 0.5) is 11.4 Å². The van der Waals surface area contributed by atoms with Crippen molar-refractivity contribution in [3.63, 3.8) is 0 Å². The van der Waals surface area contributed by atoms with E-state index in [1.165, 1.54) is 5.56 Å². The molecule has 5 rings (SSSR count). The molecule has 0 radical (unpaired) electrons. The van der Waals surface area contributed by atoms with Crippen molar-refractivity contribution in [2.45, 2.75) is 38.3 Å². The minimum Gasteiger partial charge on any atom is -0.507 e. The summed E-state index contributed by atoms with van der Waals surface area (Å²) in [6.07, 6.45) is -0.0220. The Morgan fingerprint density at radius 3 is 2.13 bits per heavy atom. The van der Waals surface area contributed by atoms with Crippen molar-refractivity contribution in [1.29, 1.82) is 0 Å². The van der Waals surface area contributed by atoms with Crippen molar-refractivity contribution in [3.05, 3.63) is 131 Å². The lowest BCUT2D eigenvalue weighted by molar-refractivity contribution is -0.113. The van der Waals surface area contributed by atoms with Crippen LogP contribution in [0.3, 0.4) is 0 Å². The Hall–Kier alpha value is -4.71. The molecule has 39 heavy (non-hydrogen) atoms. The van der Waals surface area contributed by atoms with Crippen LogP contribution in [-0.4, -0.2) is 11.0 Å². The molecule has 1 atom stereocenters. The van der Waals surface area contributed by atoms with Gasteiger partial charge in [-0.15, -0.1) is 5.11 Å². The molecule has 4 aromatic carbocycles. The molecule has 1 aliphatic rings. The summed E-state index contributed by atoms with van der Waals surface area (Å²) in [7, 11) is 0. The number of carbonyl (C=O) groups excluding carboxylic acids is 1. The molecule has 0 spiro atoms. The first-order chi connectivity index (χ1) is 18.7. The summed E-state index contributed by atoms with van der Waals surface area (Å²) in [6, 6.07) is 33.7. The Labute approximate surface area is 228 Å². The highest BCUT2D eigenvalue weighted by molar-refractivity contribution is 6.08. The minimum atomic E-state index is -1.40. The number of anilines is 1. The fraction of sp³-hybridized carbons (Fsp3) is 0.182. The summed E-state index contributed by atoms with van der Waals surface area (Å²) < 4.78 is 6.65. The zero-order chi connectivity index (χ0) is 27.5. The molecular weight excluding hydrogens is 486 g/mol. The van der Waals surface area contributed by atoms with Crippen molar-refractivity contribution >= 4 is 23.0 Å². The number of nitrogens with one attached hydrogen (secondary N) is 1. The van der Waals surface area contributed by atoms with Crippen LogP contribution in [0.25, 0.3) is 5.76 Å². The largest absolute Gasteiger partial charge is 0.507 e. The molecule has 0 fully saturated rings. The van der Waals surface area contributed by atoms with Crippen molar-refractivity contribution in [3.8, 4) is 5.75 Å². The highest BCUT2D eigenvalue weighted by Gasteiger charge is 2.45. The number of azo groups is 1. The molecule has 6 heteroatoms. The van der Waals surface area contributed by atoms with Crippen LogP contribution < -0.4 is 10.1 Å². The Morgan fingerprint density at radius 2 is 1.46 bits per heavy atom. The predicted octanol–water partition coefficient (Wildman–Crippen LogP) is 8.31. The molecule has 2 N–H and O–H groups in total. The van der Waals surface area contributed by atoms with E-state index in [1.807, 2.05) is 91.0 Å². The predicted molar refractivity (Wildman–Crippen MR) is 154 cm³/mol. The van der Waals surface area contributed by atoms with Gasteiger partial charge in [-0.1, -0.05) is 93.6 Å². The number of ether oxygens (including phenoxy) is 1. The maximum absolute atomic E-state index is 13.5. The Kier molecular flexibility index (Phi) is 7.03. The number of hydrogen-bond donors (Lipinski definition) is 2. The van der Waals surface area contributed by atoms with Gasteiger partial charge in [0.2, 0.25) is 5.72 Å². The SMILES string of the molecule is CC(C)(C)c1ccc(OC2(N=Nc3ccccc3)CC(C(=O)Nc3ccccc3)=C(O)c3ccccc32)cc1. The highest BCUT2D eigenvalue weighted by atomic mass is 16.5. The van der Waals surface area contributed by atoms with Crippen LogP contribution in [0, 0.1) is 0 Å². The lowest BCUT2D eigenvalue weighted by Crippen LogP contribution is -2.37. The molecule has 0 bridgehead atoms. The van der Waals surface area contributed by atoms with E-state index in [-0.39, 0.29) is 23.2 Å². The van der Waals surface area contributed by atoms with Crippen molar-refractivity contribution in [2.24, 2.45) is 10.2 Å². The van der Waals surface area contributed by atoms with E-state index in [1.54, 1.807) is 18.2 Å². The van der Waals surface area contributed by atoms with E-state index in [9.17, 15) is 9.90 Å². The van der Waals surface area contributed by atoms with Gasteiger partial charge < -0.3 is 15.2 Å². The molecule has 1 aliphatic carbocycles. The van der Waals surface area contributed by atoms with Gasteiger partial charge in [-0.2, -0.15) is 5.11 Å². The molecule has 0 saturated heterocycles. The van der Waals surface area contributed by atoms with Crippen molar-refractivity contribution in [1.82, 2.24) is 0 Å². The van der Waals surface area contributed by atoms with Gasteiger partial charge >= 0.3 is 0 Å². The van der Waals surface area contributed by atoms with Crippen LogP contribution in [0.1, 0.15) is 43.9 Å². The van der Waals surface area contributed by atoms with Gasteiger partial charge in [0.25, 0.3) is 5.91 Å². The quantitative estimate of drug-likeness (QED) is 0.252. The van der Waals surface area contributed by atoms with Crippen molar-refractivity contribution in [2.75, 3.05) is 5.32 Å². The molecule has 0 saturated carbocycles. The van der Waals surface area contributed by atoms with Gasteiger partial charge in [0.15, 0.2) is 0 Å². The Balaban J connectivity index is 1.61. The average molecular weight is 518 g/mol. The van der Waals surface area contributed by atoms with Crippen LogP contribution in [0.5, 0.6) is 5.75 Å². The molecule has 6 nitrogen and oxygen atoms in total. The summed E-state index contributed by atoms with van der Waals surface area (Å²) in [6.45, 7) is 6.46. The van der Waals surface area contributed by atoms with Crippen LogP contribution in [0.15, 0.2) is 125 Å². The monoisotopic (exact) mass is 517 g/mol. The lowest BCUT2D eigenvalue weighted by atomic mass is 9.83. The first-order valence-corrected chi connectivity index (χ1v) is 12.9. The molecule has 1 unspecified atom stereocenters. The van der Waals surface area contributed by atoms with E-state index >= 15 is 0 Å². The zero-order valence-electron chi connectivity index (χ0n) is 22.3. The van der Waals surface area contributed by atoms with Gasteiger partial charge in [-0.25, -0.2) is 0 Å². The second-order valence-corrected chi connectivity index (χ2v) is 10.6. The third-order valence-electron chi connectivity index (χ3n) is 6.70. The maximum Gasteiger partial charge on any atom is 0.255 e. The standard InChI is InChI=1S/C33H31N3O3/c1-32(2,3)23-18-20-26(21-19-23)39-33(36-35-25-14-8-5-9-15-25)22-28(30(37)27-16-10-11-17-29(27)33)31(38)34-24-12-6-4-7-13-24/h4-21,37H,22H2,1-3H3,(H,34,38). The number of aliphatic hydroxyl groups excluding tert-OH is 1. The summed E-state index contributed by atoms with van der Waals surface area (Å²) in [5, 5.41) is 23.4. The fourth-order valence-corrected chi connectivity index (χ4v) is 4.58. The third-order valence-corrected chi connectivity index (χ3v) is 6.70. The van der Waals surface area contributed by atoms with Crippen LogP contribution in [-0.2, 0) is 15.9 Å². The van der Waals surface area contributed by atoms with Gasteiger partial charge in [0, 0.05) is 23.2 Å². The van der Waals surface area contributed by atoms with Gasteiger partial charge in [-0.05, 0) is 47.4 Å². The fourth-order valence-electron chi connectivity index (χ4n) is 4.58. The van der Waals surface area contributed by atoms with Gasteiger partial charge in [0.1, 0.15) is 11.5 Å². The first-order valence-electron chi connectivity index (χ1n) is 12.9. The summed E-state index contributed by atoms with van der Waals surface area (Å²) in [4.78, 5) is 13.5. The number of carbonyl (C=O) groups is 1. The molecule has 196 valence electrons. The summed E-state index contributed by atoms with van der Waals surface area (Å²) in [5.74, 6) is 0.0458. The summed E-state index contributed by atoms with van der Waals surface area (Å²) >= 11 is 0. The molecule has 1 amide bonds. The second kappa shape index (κ2) is 10.6. The van der Waals surface area contributed by atoms with E-state index in [2.05, 4.69) is 31.2 Å². The highest BCUT2D eigenvalue weighted by Crippen LogP contribution is 2.45. The topological polar surface area (TPSA) is 83.3 Å². The number of para-hydroxylation sites is 1. The number of aliphatic hydroxyl groups is 1. The lowest BCUT2D eigenvalue weighted by Gasteiger charge is -2.35. The molecule has 4 aromatic rings. The average Bonchev–Trinajstić information content (AvgIpc) is 2.95. The number of hydrogen-bond acceptors (Lipinski definition) is 5. The molecule has 0 aliphatic heterocycles. The van der Waals surface area contributed by atoms with Crippen molar-refractivity contribution < 1.29 is 14.6 Å². The first kappa shape index (κ1) is 25.9. The molecular formula is C33H31N3O3. The molecule has 0 heterocycles. The Morgan fingerprint density at radius 1 is 0.846 bits per heavy atom. The number of amides is 1. The number of rotatable bonds is 6.